The molecule has 1 heterocycles. The van der Waals surface area contributed by atoms with Gasteiger partial charge in [-0.15, -0.1) is 0 Å². The first-order valence-electron chi connectivity index (χ1n) is 5.52. The van der Waals surface area contributed by atoms with Crippen LogP contribution in [0, 0.1) is 15.5 Å². The van der Waals surface area contributed by atoms with Crippen LogP contribution in [0.3, 0.4) is 0 Å². The average Bonchev–Trinajstić information content (AvgIpc) is 2.81. The van der Waals surface area contributed by atoms with Gasteiger partial charge in [-0.25, -0.2) is 4.98 Å². The van der Waals surface area contributed by atoms with Gasteiger partial charge in [0.15, 0.2) is 5.13 Å². The third-order valence-electron chi connectivity index (χ3n) is 3.12. The lowest BCUT2D eigenvalue weighted by Gasteiger charge is -2.29. The van der Waals surface area contributed by atoms with Crippen LogP contribution < -0.4 is 5.32 Å². The molecule has 1 aromatic rings. The number of nitrogens with one attached hydrogen (secondary N) is 1. The minimum absolute atomic E-state index is 0.0232. The molecule has 0 aliphatic carbocycles. The number of aliphatic hydroxyl groups excluding tert-OH is 1. The van der Waals surface area contributed by atoms with Gasteiger partial charge >= 0.3 is 5.00 Å². The van der Waals surface area contributed by atoms with Crippen LogP contribution in [0.2, 0.25) is 0 Å². The molecular weight excluding hydrogens is 242 g/mol. The maximum atomic E-state index is 10.5. The van der Waals surface area contributed by atoms with Gasteiger partial charge < -0.3 is 10.4 Å². The van der Waals surface area contributed by atoms with E-state index in [1.807, 2.05) is 13.8 Å². The molecule has 2 N–H and O–H groups in total. The number of hydrogen-bond donors (Lipinski definition) is 2. The number of nitrogens with zero attached hydrogens (tertiary/aromatic N) is 2. The minimum Gasteiger partial charge on any atom is -0.396 e. The van der Waals surface area contributed by atoms with Crippen molar-refractivity contribution >= 4 is 21.5 Å². The van der Waals surface area contributed by atoms with Gasteiger partial charge in [-0.2, -0.15) is 0 Å². The minimum atomic E-state index is -0.457. The van der Waals surface area contributed by atoms with Gasteiger partial charge in [0.05, 0.1) is 11.5 Å². The highest BCUT2D eigenvalue weighted by Gasteiger charge is 2.25. The summed E-state index contributed by atoms with van der Waals surface area (Å²) in [5.41, 5.74) is -0.180. The first kappa shape index (κ1) is 13.9. The van der Waals surface area contributed by atoms with Gasteiger partial charge in [0, 0.05) is 12.0 Å². The average molecular weight is 259 g/mol. The summed E-state index contributed by atoms with van der Waals surface area (Å²) in [7, 11) is 0. The molecule has 96 valence electrons. The summed E-state index contributed by atoms with van der Waals surface area (Å²) in [6, 6.07) is 0. The maximum absolute atomic E-state index is 10.5. The molecule has 0 unspecified atom stereocenters. The Hall–Kier alpha value is -1.21. The highest BCUT2D eigenvalue weighted by Crippen LogP contribution is 2.29. The molecular formula is C10H17N3O3S. The Kier molecular flexibility index (Phi) is 4.83. The molecule has 0 aliphatic rings. The summed E-state index contributed by atoms with van der Waals surface area (Å²) in [5, 5.41) is 23.5. The highest BCUT2D eigenvalue weighted by molar-refractivity contribution is 7.18. The molecule has 0 radical (unpaired) electrons. The number of rotatable bonds is 7. The summed E-state index contributed by atoms with van der Waals surface area (Å²) in [6.07, 6.45) is 2.94. The molecule has 0 atom stereocenters. The van der Waals surface area contributed by atoms with E-state index in [0.29, 0.717) is 11.7 Å². The zero-order chi connectivity index (χ0) is 12.9. The quantitative estimate of drug-likeness (QED) is 0.579. The molecule has 0 amide bonds. The monoisotopic (exact) mass is 259 g/mol. The first-order chi connectivity index (χ1) is 8.06. The van der Waals surface area contributed by atoms with Crippen LogP contribution in [0.25, 0.3) is 0 Å². The number of thiazole rings is 1. The first-order valence-corrected chi connectivity index (χ1v) is 6.33. The number of nitro groups is 1. The number of aromatic nitrogens is 1. The van der Waals surface area contributed by atoms with E-state index >= 15 is 0 Å². The lowest BCUT2D eigenvalue weighted by Crippen LogP contribution is -2.32. The molecule has 0 aromatic carbocycles. The third-order valence-corrected chi connectivity index (χ3v) is 4.03. The fraction of sp³-hybridized carbons (Fsp3) is 0.700. The van der Waals surface area contributed by atoms with Gasteiger partial charge in [-0.1, -0.05) is 13.8 Å². The van der Waals surface area contributed by atoms with E-state index < -0.39 is 4.92 Å². The van der Waals surface area contributed by atoms with Crippen LogP contribution in [-0.4, -0.2) is 28.2 Å². The summed E-state index contributed by atoms with van der Waals surface area (Å²) < 4.78 is 0. The predicted octanol–water partition coefficient (Wildman–Crippen LogP) is 2.26. The van der Waals surface area contributed by atoms with E-state index in [1.165, 1.54) is 6.20 Å². The lowest BCUT2D eigenvalue weighted by atomic mass is 9.83. The van der Waals surface area contributed by atoms with Crippen LogP contribution in [0.1, 0.15) is 26.7 Å². The zero-order valence-electron chi connectivity index (χ0n) is 9.97. The smallest absolute Gasteiger partial charge is 0.345 e. The van der Waals surface area contributed by atoms with E-state index in [1.54, 1.807) is 0 Å². The second-order valence-corrected chi connectivity index (χ2v) is 4.99. The molecule has 6 nitrogen and oxygen atoms in total. The molecule has 7 heteroatoms. The summed E-state index contributed by atoms with van der Waals surface area (Å²) in [4.78, 5) is 14.0. The van der Waals surface area contributed by atoms with Gasteiger partial charge in [0.2, 0.25) is 0 Å². The third kappa shape index (κ3) is 3.37. The topological polar surface area (TPSA) is 88.3 Å². The molecule has 1 rings (SSSR count). The van der Waals surface area contributed by atoms with Gasteiger partial charge in [-0.3, -0.25) is 10.1 Å². The second-order valence-electron chi connectivity index (χ2n) is 3.98. The van der Waals surface area contributed by atoms with Crippen LogP contribution in [-0.2, 0) is 0 Å². The standard InChI is InChI=1S/C10H17N3O3S/c1-3-10(4-2,7-14)6-12-9-11-5-8(17-9)13(15)16/h5,14H,3-4,6-7H2,1-2H3,(H,11,12). The van der Waals surface area contributed by atoms with Crippen molar-refractivity contribution in [2.75, 3.05) is 18.5 Å². The Morgan fingerprint density at radius 1 is 1.59 bits per heavy atom. The van der Waals surface area contributed by atoms with Crippen molar-refractivity contribution in [2.24, 2.45) is 5.41 Å². The van der Waals surface area contributed by atoms with Crippen LogP contribution in [0.4, 0.5) is 10.1 Å². The fourth-order valence-corrected chi connectivity index (χ4v) is 2.10. The van der Waals surface area contributed by atoms with E-state index in [4.69, 9.17) is 0 Å². The molecule has 0 bridgehead atoms. The molecule has 1 aromatic heterocycles. The second kappa shape index (κ2) is 5.92. The fourth-order valence-electron chi connectivity index (χ4n) is 1.47. The normalized spacial score (nSPS) is 11.5. The summed E-state index contributed by atoms with van der Waals surface area (Å²) >= 11 is 1.01. The van der Waals surface area contributed by atoms with Gasteiger partial charge in [-0.05, 0) is 24.2 Å². The van der Waals surface area contributed by atoms with Crippen molar-refractivity contribution in [3.05, 3.63) is 16.3 Å². The maximum Gasteiger partial charge on any atom is 0.345 e. The van der Waals surface area contributed by atoms with E-state index in [0.717, 1.165) is 24.2 Å². The van der Waals surface area contributed by atoms with Gasteiger partial charge in [0.1, 0.15) is 6.20 Å². The Morgan fingerprint density at radius 3 is 2.65 bits per heavy atom. The van der Waals surface area contributed by atoms with E-state index in [2.05, 4.69) is 10.3 Å². The van der Waals surface area contributed by atoms with Gasteiger partial charge in [0.25, 0.3) is 0 Å². The summed E-state index contributed by atoms with van der Waals surface area (Å²) in [5.74, 6) is 0. The number of anilines is 1. The molecule has 0 spiro atoms. The van der Waals surface area contributed by atoms with Crippen LogP contribution in [0.5, 0.6) is 0 Å². The lowest BCUT2D eigenvalue weighted by molar-refractivity contribution is -0.380. The number of hydrogen-bond acceptors (Lipinski definition) is 6. The SMILES string of the molecule is CCC(CC)(CO)CNc1ncc([N+](=O)[O-])s1. The van der Waals surface area contributed by atoms with Crippen molar-refractivity contribution in [3.63, 3.8) is 0 Å². The Balaban J connectivity index is 2.62. The summed E-state index contributed by atoms with van der Waals surface area (Å²) in [6.45, 7) is 4.71. The van der Waals surface area contributed by atoms with E-state index in [9.17, 15) is 15.2 Å². The number of aliphatic hydroxyl groups is 1. The molecule has 17 heavy (non-hydrogen) atoms. The van der Waals surface area contributed by atoms with Crippen molar-refractivity contribution < 1.29 is 10.0 Å². The molecule has 0 saturated heterocycles. The molecule has 0 saturated carbocycles. The predicted molar refractivity (Wildman–Crippen MR) is 67.4 cm³/mol. The molecule has 0 fully saturated rings. The molecule has 0 aliphatic heterocycles. The van der Waals surface area contributed by atoms with Crippen molar-refractivity contribution in [3.8, 4) is 0 Å². The highest BCUT2D eigenvalue weighted by atomic mass is 32.1. The Labute approximate surface area is 104 Å². The van der Waals surface area contributed by atoms with Crippen molar-refractivity contribution in [2.45, 2.75) is 26.7 Å². The Bertz CT molecular complexity index is 368. The zero-order valence-corrected chi connectivity index (χ0v) is 10.8. The Morgan fingerprint density at radius 2 is 2.24 bits per heavy atom. The van der Waals surface area contributed by atoms with Crippen molar-refractivity contribution in [1.82, 2.24) is 4.98 Å². The van der Waals surface area contributed by atoms with Crippen LogP contribution in [0.15, 0.2) is 6.20 Å². The largest absolute Gasteiger partial charge is 0.396 e. The van der Waals surface area contributed by atoms with E-state index in [-0.39, 0.29) is 17.0 Å². The van der Waals surface area contributed by atoms with Crippen LogP contribution >= 0.6 is 11.3 Å². The van der Waals surface area contributed by atoms with Crippen molar-refractivity contribution in [1.29, 1.82) is 0 Å².